The summed E-state index contributed by atoms with van der Waals surface area (Å²) in [5.74, 6) is 0. The van der Waals surface area contributed by atoms with Crippen molar-refractivity contribution in [1.82, 2.24) is 15.1 Å². The SMILES string of the molecule is Cc1nn(C)c(C)c1C1(O)CNC1. The molecule has 4 nitrogen and oxygen atoms in total. The van der Waals surface area contributed by atoms with E-state index in [1.54, 1.807) is 0 Å². The summed E-state index contributed by atoms with van der Waals surface area (Å²) in [5, 5.41) is 17.5. The summed E-state index contributed by atoms with van der Waals surface area (Å²) in [7, 11) is 1.90. The van der Waals surface area contributed by atoms with Crippen molar-refractivity contribution in [3.63, 3.8) is 0 Å². The third kappa shape index (κ3) is 1.09. The van der Waals surface area contributed by atoms with E-state index >= 15 is 0 Å². The van der Waals surface area contributed by atoms with Crippen LogP contribution in [0.5, 0.6) is 0 Å². The van der Waals surface area contributed by atoms with Gasteiger partial charge in [-0.2, -0.15) is 5.10 Å². The minimum atomic E-state index is -0.678. The molecular formula is C9H15N3O. The van der Waals surface area contributed by atoms with E-state index in [-0.39, 0.29) is 0 Å². The van der Waals surface area contributed by atoms with Gasteiger partial charge in [0.15, 0.2) is 0 Å². The zero-order valence-corrected chi connectivity index (χ0v) is 8.26. The van der Waals surface area contributed by atoms with E-state index in [0.29, 0.717) is 13.1 Å². The first-order valence-corrected chi connectivity index (χ1v) is 4.48. The molecule has 0 aliphatic carbocycles. The fourth-order valence-electron chi connectivity index (χ4n) is 1.99. The number of nitrogens with zero attached hydrogens (tertiary/aromatic N) is 2. The van der Waals surface area contributed by atoms with Crippen molar-refractivity contribution in [3.05, 3.63) is 17.0 Å². The van der Waals surface area contributed by atoms with Crippen LogP contribution in [0.1, 0.15) is 17.0 Å². The van der Waals surface area contributed by atoms with Gasteiger partial charge in [-0.25, -0.2) is 0 Å². The Morgan fingerprint density at radius 1 is 1.46 bits per heavy atom. The number of aliphatic hydroxyl groups is 1. The minimum absolute atomic E-state index is 0.639. The standard InChI is InChI=1S/C9H15N3O/c1-6-8(7(2)12(3)11-6)9(13)4-10-5-9/h10,13H,4-5H2,1-3H3. The molecular weight excluding hydrogens is 166 g/mol. The molecule has 2 heterocycles. The van der Waals surface area contributed by atoms with Gasteiger partial charge in [-0.15, -0.1) is 0 Å². The Labute approximate surface area is 77.6 Å². The maximum absolute atomic E-state index is 10.1. The molecule has 0 bridgehead atoms. The molecule has 0 unspecified atom stereocenters. The van der Waals surface area contributed by atoms with Gasteiger partial charge in [0.1, 0.15) is 5.60 Å². The monoisotopic (exact) mass is 181 g/mol. The smallest absolute Gasteiger partial charge is 0.118 e. The van der Waals surface area contributed by atoms with Crippen LogP contribution in [0.3, 0.4) is 0 Å². The third-order valence-corrected chi connectivity index (χ3v) is 2.81. The van der Waals surface area contributed by atoms with Crippen molar-refractivity contribution in [2.75, 3.05) is 13.1 Å². The van der Waals surface area contributed by atoms with Crippen LogP contribution in [-0.4, -0.2) is 28.0 Å². The average molecular weight is 181 g/mol. The van der Waals surface area contributed by atoms with Gasteiger partial charge in [0, 0.05) is 31.4 Å². The lowest BCUT2D eigenvalue weighted by Gasteiger charge is -2.38. The Bertz CT molecular complexity index is 339. The lowest BCUT2D eigenvalue weighted by atomic mass is 9.87. The van der Waals surface area contributed by atoms with Crippen LogP contribution in [0.25, 0.3) is 0 Å². The summed E-state index contributed by atoms with van der Waals surface area (Å²) in [5.41, 5.74) is 2.31. The van der Waals surface area contributed by atoms with E-state index in [1.807, 2.05) is 25.6 Å². The lowest BCUT2D eigenvalue weighted by Crippen LogP contribution is -2.57. The van der Waals surface area contributed by atoms with Gasteiger partial charge in [0.25, 0.3) is 0 Å². The zero-order valence-electron chi connectivity index (χ0n) is 8.26. The van der Waals surface area contributed by atoms with Crippen LogP contribution < -0.4 is 5.32 Å². The minimum Gasteiger partial charge on any atom is -0.382 e. The largest absolute Gasteiger partial charge is 0.382 e. The fourth-order valence-corrected chi connectivity index (χ4v) is 1.99. The molecule has 2 rings (SSSR count). The molecule has 1 fully saturated rings. The van der Waals surface area contributed by atoms with Crippen molar-refractivity contribution in [1.29, 1.82) is 0 Å². The summed E-state index contributed by atoms with van der Waals surface area (Å²) >= 11 is 0. The van der Waals surface area contributed by atoms with E-state index in [9.17, 15) is 5.11 Å². The van der Waals surface area contributed by atoms with Gasteiger partial charge >= 0.3 is 0 Å². The van der Waals surface area contributed by atoms with E-state index in [4.69, 9.17) is 0 Å². The highest BCUT2D eigenvalue weighted by molar-refractivity contribution is 5.33. The summed E-state index contributed by atoms with van der Waals surface area (Å²) < 4.78 is 1.82. The quantitative estimate of drug-likeness (QED) is 0.632. The van der Waals surface area contributed by atoms with Crippen molar-refractivity contribution in [3.8, 4) is 0 Å². The average Bonchev–Trinajstić information content (AvgIpc) is 2.23. The molecule has 2 N–H and O–H groups in total. The van der Waals surface area contributed by atoms with Gasteiger partial charge in [-0.05, 0) is 13.8 Å². The molecule has 1 saturated heterocycles. The van der Waals surface area contributed by atoms with Gasteiger partial charge < -0.3 is 10.4 Å². The Kier molecular flexibility index (Phi) is 1.72. The number of rotatable bonds is 1. The molecule has 1 aromatic rings. The number of aromatic nitrogens is 2. The first-order valence-electron chi connectivity index (χ1n) is 4.48. The van der Waals surface area contributed by atoms with Crippen LogP contribution in [0.15, 0.2) is 0 Å². The topological polar surface area (TPSA) is 50.1 Å². The van der Waals surface area contributed by atoms with Crippen molar-refractivity contribution in [2.45, 2.75) is 19.4 Å². The molecule has 72 valence electrons. The second kappa shape index (κ2) is 2.56. The molecule has 4 heteroatoms. The molecule has 0 aromatic carbocycles. The Hall–Kier alpha value is -0.870. The summed E-state index contributed by atoms with van der Waals surface area (Å²) in [4.78, 5) is 0. The number of hydrogen-bond acceptors (Lipinski definition) is 3. The summed E-state index contributed by atoms with van der Waals surface area (Å²) in [6.07, 6.45) is 0. The molecule has 0 atom stereocenters. The maximum atomic E-state index is 10.1. The fraction of sp³-hybridized carbons (Fsp3) is 0.667. The zero-order chi connectivity index (χ0) is 9.64. The van der Waals surface area contributed by atoms with Crippen molar-refractivity contribution >= 4 is 0 Å². The highest BCUT2D eigenvalue weighted by Gasteiger charge is 2.40. The van der Waals surface area contributed by atoms with Crippen LogP contribution in [0.2, 0.25) is 0 Å². The molecule has 0 saturated carbocycles. The maximum Gasteiger partial charge on any atom is 0.118 e. The van der Waals surface area contributed by atoms with Gasteiger partial charge in [-0.1, -0.05) is 0 Å². The molecule has 0 radical (unpaired) electrons. The van der Waals surface area contributed by atoms with Crippen LogP contribution in [-0.2, 0) is 12.6 Å². The number of hydrogen-bond donors (Lipinski definition) is 2. The normalized spacial score (nSPS) is 20.0. The number of aryl methyl sites for hydroxylation is 2. The molecule has 1 aliphatic heterocycles. The predicted molar refractivity (Wildman–Crippen MR) is 49.4 cm³/mol. The Balaban J connectivity index is 2.49. The van der Waals surface area contributed by atoms with Gasteiger partial charge in [0.2, 0.25) is 0 Å². The van der Waals surface area contributed by atoms with E-state index in [1.165, 1.54) is 0 Å². The molecule has 0 amide bonds. The molecule has 0 spiro atoms. The van der Waals surface area contributed by atoms with Gasteiger partial charge in [-0.3, -0.25) is 4.68 Å². The molecule has 13 heavy (non-hydrogen) atoms. The van der Waals surface area contributed by atoms with Crippen molar-refractivity contribution in [2.24, 2.45) is 7.05 Å². The molecule has 1 aromatic heterocycles. The Morgan fingerprint density at radius 3 is 2.38 bits per heavy atom. The van der Waals surface area contributed by atoms with E-state index < -0.39 is 5.60 Å². The molecule has 1 aliphatic rings. The number of nitrogens with one attached hydrogen (secondary N) is 1. The van der Waals surface area contributed by atoms with Crippen LogP contribution in [0.4, 0.5) is 0 Å². The van der Waals surface area contributed by atoms with Crippen LogP contribution >= 0.6 is 0 Å². The number of β-amino-alcohol motifs (C(OH)–C–C–N with tert-alkyl or cyclic N) is 1. The predicted octanol–water partition coefficient (Wildman–Crippen LogP) is -0.172. The first kappa shape index (κ1) is 8.72. The Morgan fingerprint density at radius 2 is 2.08 bits per heavy atom. The van der Waals surface area contributed by atoms with E-state index in [0.717, 1.165) is 17.0 Å². The third-order valence-electron chi connectivity index (χ3n) is 2.81. The highest BCUT2D eigenvalue weighted by Crippen LogP contribution is 2.30. The first-order chi connectivity index (χ1) is 6.04. The van der Waals surface area contributed by atoms with Gasteiger partial charge in [0.05, 0.1) is 5.69 Å². The van der Waals surface area contributed by atoms with Crippen LogP contribution in [0, 0.1) is 13.8 Å². The summed E-state index contributed by atoms with van der Waals surface area (Å²) in [6, 6.07) is 0. The van der Waals surface area contributed by atoms with Crippen molar-refractivity contribution < 1.29 is 5.11 Å². The second-order valence-corrected chi connectivity index (χ2v) is 3.80. The summed E-state index contributed by atoms with van der Waals surface area (Å²) in [6.45, 7) is 5.21. The highest BCUT2D eigenvalue weighted by atomic mass is 16.3. The second-order valence-electron chi connectivity index (χ2n) is 3.80. The lowest BCUT2D eigenvalue weighted by molar-refractivity contribution is -0.0158. The van der Waals surface area contributed by atoms with E-state index in [2.05, 4.69) is 10.4 Å².